The molecule has 2 N–H and O–H groups in total. The first-order valence-electron chi connectivity index (χ1n) is 23.2. The summed E-state index contributed by atoms with van der Waals surface area (Å²) in [7, 11) is 5.92. The van der Waals surface area contributed by atoms with E-state index in [0.29, 0.717) is 17.4 Å². The Bertz CT molecular complexity index is 1120. The molecule has 0 radical (unpaired) electrons. The van der Waals surface area contributed by atoms with Crippen molar-refractivity contribution < 1.29 is 38.5 Å². The van der Waals surface area contributed by atoms with E-state index >= 15 is 0 Å². The van der Waals surface area contributed by atoms with Gasteiger partial charge in [0.25, 0.3) is 6.29 Å². The second kappa shape index (κ2) is 42.3. The molecule has 0 bridgehead atoms. The lowest BCUT2D eigenvalue weighted by Gasteiger charge is -2.24. The highest BCUT2D eigenvalue weighted by Crippen LogP contribution is 2.15. The molecule has 0 spiro atoms. The molecule has 0 aromatic carbocycles. The number of allylic oxidation sites excluding steroid dienone is 12. The van der Waals surface area contributed by atoms with Crippen LogP contribution in [-0.4, -0.2) is 86.5 Å². The number of ether oxygens (including phenoxy) is 3. The largest absolute Gasteiger partial charge is 0.477 e. The molecule has 0 fully saturated rings. The first-order chi connectivity index (χ1) is 28.2. The van der Waals surface area contributed by atoms with Crippen molar-refractivity contribution in [2.45, 2.75) is 186 Å². The molecule has 0 aromatic heterocycles. The Labute approximate surface area is 356 Å². The SMILES string of the molecule is CC/C=C\C/C=C\C/C=C\C/C=C\C/C=C\C/C=C\CCCCCCCCCCCCCCCCCCCCC(=O)OCC(O)COC(OCC[N+](C)(C)C)C(=O)O. The van der Waals surface area contributed by atoms with Crippen LogP contribution in [0, 0.1) is 0 Å². The van der Waals surface area contributed by atoms with Crippen LogP contribution in [0.3, 0.4) is 0 Å². The van der Waals surface area contributed by atoms with E-state index in [1.54, 1.807) is 0 Å². The van der Waals surface area contributed by atoms with Crippen molar-refractivity contribution >= 4 is 11.9 Å². The van der Waals surface area contributed by atoms with Crippen LogP contribution in [0.25, 0.3) is 0 Å². The highest BCUT2D eigenvalue weighted by molar-refractivity contribution is 5.70. The Kier molecular flexibility index (Phi) is 40.3. The summed E-state index contributed by atoms with van der Waals surface area (Å²) >= 11 is 0. The van der Waals surface area contributed by atoms with Gasteiger partial charge in [0.15, 0.2) is 0 Å². The van der Waals surface area contributed by atoms with Gasteiger partial charge in [-0.1, -0.05) is 183 Å². The van der Waals surface area contributed by atoms with Crippen LogP contribution in [0.5, 0.6) is 0 Å². The first-order valence-corrected chi connectivity index (χ1v) is 23.2. The molecule has 334 valence electrons. The minimum atomic E-state index is -1.46. The highest BCUT2D eigenvalue weighted by atomic mass is 16.7. The fourth-order valence-corrected chi connectivity index (χ4v) is 6.13. The lowest BCUT2D eigenvalue weighted by atomic mass is 10.0. The molecule has 0 aliphatic heterocycles. The van der Waals surface area contributed by atoms with Gasteiger partial charge in [-0.25, -0.2) is 4.79 Å². The molecule has 0 heterocycles. The Morgan fingerprint density at radius 2 is 0.897 bits per heavy atom. The number of aliphatic carboxylic acids is 1. The Morgan fingerprint density at radius 1 is 0.517 bits per heavy atom. The molecule has 58 heavy (non-hydrogen) atoms. The van der Waals surface area contributed by atoms with Crippen molar-refractivity contribution in [1.29, 1.82) is 0 Å². The van der Waals surface area contributed by atoms with Crippen LogP contribution in [0.1, 0.15) is 174 Å². The van der Waals surface area contributed by atoms with Gasteiger partial charge in [-0.3, -0.25) is 4.79 Å². The van der Waals surface area contributed by atoms with Crippen molar-refractivity contribution in [2.75, 3.05) is 47.5 Å². The number of quaternary nitrogens is 1. The number of aliphatic hydroxyl groups is 1. The van der Waals surface area contributed by atoms with Crippen molar-refractivity contribution in [3.63, 3.8) is 0 Å². The molecule has 8 nitrogen and oxygen atoms in total. The number of nitrogens with zero attached hydrogens (tertiary/aromatic N) is 1. The number of aliphatic hydroxyl groups excluding tert-OH is 1. The van der Waals surface area contributed by atoms with E-state index in [2.05, 4.69) is 79.8 Å². The average molecular weight is 815 g/mol. The number of hydrogen-bond donors (Lipinski definition) is 2. The molecule has 2 unspecified atom stereocenters. The molecule has 0 saturated heterocycles. The lowest BCUT2D eigenvalue weighted by Crippen LogP contribution is -2.40. The number of esters is 1. The van der Waals surface area contributed by atoms with Gasteiger partial charge in [-0.05, 0) is 57.8 Å². The van der Waals surface area contributed by atoms with Gasteiger partial charge in [0.2, 0.25) is 0 Å². The summed E-state index contributed by atoms with van der Waals surface area (Å²) in [6, 6.07) is 0. The maximum absolute atomic E-state index is 12.0. The van der Waals surface area contributed by atoms with Gasteiger partial charge in [0.05, 0.1) is 34.4 Å². The maximum Gasteiger partial charge on any atom is 0.361 e. The Hall–Kier alpha value is -2.78. The van der Waals surface area contributed by atoms with Crippen LogP contribution in [0.2, 0.25) is 0 Å². The summed E-state index contributed by atoms with van der Waals surface area (Å²) in [6.45, 7) is 2.47. The summed E-state index contributed by atoms with van der Waals surface area (Å²) in [5, 5.41) is 19.3. The Morgan fingerprint density at radius 3 is 1.29 bits per heavy atom. The van der Waals surface area contributed by atoms with Crippen LogP contribution >= 0.6 is 0 Å². The molecular formula is C50H88NO7+. The zero-order valence-corrected chi connectivity index (χ0v) is 37.7. The molecule has 0 saturated carbocycles. The number of likely N-dealkylation sites (N-methyl/N-ethyl adjacent to an activating group) is 1. The van der Waals surface area contributed by atoms with Crippen LogP contribution in [-0.2, 0) is 23.8 Å². The van der Waals surface area contributed by atoms with E-state index in [0.717, 1.165) is 57.8 Å². The smallest absolute Gasteiger partial charge is 0.361 e. The van der Waals surface area contributed by atoms with Crippen molar-refractivity contribution in [2.24, 2.45) is 0 Å². The zero-order chi connectivity index (χ0) is 42.6. The fourth-order valence-electron chi connectivity index (χ4n) is 6.13. The second-order valence-electron chi connectivity index (χ2n) is 16.5. The normalized spacial score (nSPS) is 13.7. The fraction of sp³-hybridized carbons (Fsp3) is 0.720. The predicted octanol–water partition coefficient (Wildman–Crippen LogP) is 12.5. The average Bonchev–Trinajstić information content (AvgIpc) is 3.19. The summed E-state index contributed by atoms with van der Waals surface area (Å²) in [5.74, 6) is -1.61. The summed E-state index contributed by atoms with van der Waals surface area (Å²) in [5.41, 5.74) is 0. The summed E-state index contributed by atoms with van der Waals surface area (Å²) in [6.07, 6.45) is 55.4. The molecular weight excluding hydrogens is 727 g/mol. The standard InChI is InChI=1S/C50H87NO7/c1-5-6-7-8-9-10-11-12-13-14-15-16-17-18-19-20-21-22-23-24-25-26-27-28-29-30-31-32-33-34-35-36-37-38-39-40-41-42-48(53)57-45-47(52)46-58-50(49(54)55)56-44-43-51(2,3)4/h6-7,9-10,12-13,15-16,18-19,21-22,47,50,52H,5,8,11,14,17,20,23-46H2,1-4H3/p+1/b7-6-,10-9-,13-12-,16-15-,19-18-,22-21-. The van der Waals surface area contributed by atoms with Gasteiger partial charge in [-0.15, -0.1) is 0 Å². The monoisotopic (exact) mass is 815 g/mol. The summed E-state index contributed by atoms with van der Waals surface area (Å²) in [4.78, 5) is 23.3. The topological polar surface area (TPSA) is 102 Å². The van der Waals surface area contributed by atoms with Crippen LogP contribution in [0.4, 0.5) is 0 Å². The third kappa shape index (κ3) is 44.3. The molecule has 0 aliphatic carbocycles. The van der Waals surface area contributed by atoms with Gasteiger partial charge in [-0.2, -0.15) is 0 Å². The maximum atomic E-state index is 12.0. The predicted molar refractivity (Wildman–Crippen MR) is 244 cm³/mol. The number of carboxylic acids is 1. The third-order valence-electron chi connectivity index (χ3n) is 9.71. The number of hydrogen-bond acceptors (Lipinski definition) is 6. The van der Waals surface area contributed by atoms with E-state index in [-0.39, 0.29) is 25.8 Å². The quantitative estimate of drug-likeness (QED) is 0.0208. The minimum Gasteiger partial charge on any atom is -0.477 e. The van der Waals surface area contributed by atoms with Gasteiger partial charge in [0.1, 0.15) is 19.3 Å². The number of carbonyl (C=O) groups is 2. The molecule has 0 amide bonds. The van der Waals surface area contributed by atoms with Crippen LogP contribution < -0.4 is 0 Å². The van der Waals surface area contributed by atoms with E-state index in [1.165, 1.54) is 103 Å². The van der Waals surface area contributed by atoms with Crippen molar-refractivity contribution in [3.05, 3.63) is 72.9 Å². The second-order valence-corrected chi connectivity index (χ2v) is 16.5. The van der Waals surface area contributed by atoms with E-state index in [4.69, 9.17) is 14.2 Å². The third-order valence-corrected chi connectivity index (χ3v) is 9.71. The molecule has 8 heteroatoms. The van der Waals surface area contributed by atoms with E-state index in [9.17, 15) is 19.8 Å². The van der Waals surface area contributed by atoms with Gasteiger partial charge in [0, 0.05) is 6.42 Å². The van der Waals surface area contributed by atoms with Crippen LogP contribution in [0.15, 0.2) is 72.9 Å². The van der Waals surface area contributed by atoms with E-state index in [1.807, 2.05) is 21.1 Å². The minimum absolute atomic E-state index is 0.209. The number of carbonyl (C=O) groups excluding carboxylic acids is 1. The number of carboxylic acid groups (broad SMARTS) is 1. The molecule has 0 aromatic rings. The molecule has 2 atom stereocenters. The van der Waals surface area contributed by atoms with Crippen molar-refractivity contribution in [1.82, 2.24) is 0 Å². The first kappa shape index (κ1) is 55.2. The van der Waals surface area contributed by atoms with Gasteiger partial charge >= 0.3 is 11.9 Å². The molecule has 0 aliphatic rings. The van der Waals surface area contributed by atoms with Crippen molar-refractivity contribution in [3.8, 4) is 0 Å². The van der Waals surface area contributed by atoms with Gasteiger partial charge < -0.3 is 28.9 Å². The highest BCUT2D eigenvalue weighted by Gasteiger charge is 2.22. The number of rotatable bonds is 42. The lowest BCUT2D eigenvalue weighted by molar-refractivity contribution is -0.870. The Balaban J connectivity index is 3.44. The number of unbranched alkanes of at least 4 members (excludes halogenated alkanes) is 18. The molecule has 0 rings (SSSR count). The zero-order valence-electron chi connectivity index (χ0n) is 37.7. The van der Waals surface area contributed by atoms with E-state index < -0.39 is 18.4 Å². The summed E-state index contributed by atoms with van der Waals surface area (Å²) < 4.78 is 16.2.